The van der Waals surface area contributed by atoms with E-state index >= 15 is 0 Å². The predicted octanol–water partition coefficient (Wildman–Crippen LogP) is 10.1. The molecule has 0 saturated carbocycles. The van der Waals surface area contributed by atoms with Crippen molar-refractivity contribution >= 4 is 38.7 Å². The van der Waals surface area contributed by atoms with Gasteiger partial charge in [-0.3, -0.25) is 0 Å². The highest BCUT2D eigenvalue weighted by Gasteiger charge is 2.40. The summed E-state index contributed by atoms with van der Waals surface area (Å²) in [7, 11) is -5.92. The number of alkyl halides is 12. The van der Waals surface area contributed by atoms with Gasteiger partial charge in [0.25, 0.3) is 0 Å². The lowest BCUT2D eigenvalue weighted by Crippen LogP contribution is -2.41. The van der Waals surface area contributed by atoms with E-state index < -0.39 is 63.1 Å². The predicted molar refractivity (Wildman–Crippen MR) is 152 cm³/mol. The number of hydrogen-bond donors (Lipinski definition) is 0. The SMILES string of the molecule is C[Si](C)(/C=C/c1ccc(/C=C/[Si](C)(C)c2cc(C(F)(F)F)cc(C(F)(F)F)c2)cc1)c1cc(C(F)(F)F)cc(C(F)(F)F)c1. The topological polar surface area (TPSA) is 0 Å². The lowest BCUT2D eigenvalue weighted by Gasteiger charge is -2.22. The van der Waals surface area contributed by atoms with Crippen molar-refractivity contribution in [2.24, 2.45) is 0 Å². The Hall–Kier alpha value is -3.27. The van der Waals surface area contributed by atoms with Gasteiger partial charge in [0.15, 0.2) is 0 Å². The molecular formula is C30H26F12Si2. The van der Waals surface area contributed by atoms with Gasteiger partial charge in [-0.15, -0.1) is 0 Å². The van der Waals surface area contributed by atoms with E-state index in [9.17, 15) is 52.7 Å². The molecule has 0 aliphatic rings. The number of benzene rings is 3. The molecule has 0 heterocycles. The van der Waals surface area contributed by atoms with Crippen molar-refractivity contribution in [3.8, 4) is 0 Å². The summed E-state index contributed by atoms with van der Waals surface area (Å²) in [5.74, 6) is 0. The Balaban J connectivity index is 1.87. The average Bonchev–Trinajstić information content (AvgIpc) is 2.89. The van der Waals surface area contributed by atoms with Gasteiger partial charge >= 0.3 is 24.7 Å². The van der Waals surface area contributed by atoms with Crippen LogP contribution in [0, 0.1) is 0 Å². The van der Waals surface area contributed by atoms with E-state index in [4.69, 9.17) is 0 Å². The molecule has 3 aromatic rings. The summed E-state index contributed by atoms with van der Waals surface area (Å²) in [6, 6.07) is 9.56. The normalized spacial score (nSPS) is 14.2. The van der Waals surface area contributed by atoms with E-state index in [1.54, 1.807) is 74.0 Å². The zero-order valence-corrected chi connectivity index (χ0v) is 25.6. The fourth-order valence-corrected chi connectivity index (χ4v) is 7.89. The van der Waals surface area contributed by atoms with Crippen molar-refractivity contribution in [2.45, 2.75) is 50.9 Å². The Labute approximate surface area is 247 Å². The third kappa shape index (κ3) is 8.90. The van der Waals surface area contributed by atoms with Gasteiger partial charge in [0.2, 0.25) is 0 Å². The Morgan fingerprint density at radius 3 is 0.841 bits per heavy atom. The van der Waals surface area contributed by atoms with E-state index in [2.05, 4.69) is 0 Å². The minimum absolute atomic E-state index is 0.0640. The Morgan fingerprint density at radius 2 is 0.636 bits per heavy atom. The van der Waals surface area contributed by atoms with Crippen LogP contribution < -0.4 is 10.4 Å². The van der Waals surface area contributed by atoms with Crippen LogP contribution >= 0.6 is 0 Å². The molecule has 0 radical (unpaired) electrons. The fourth-order valence-electron chi connectivity index (χ4n) is 4.17. The van der Waals surface area contributed by atoms with Crippen molar-refractivity contribution in [1.82, 2.24) is 0 Å². The molecule has 14 heteroatoms. The molecule has 0 aromatic heterocycles. The van der Waals surface area contributed by atoms with Gasteiger partial charge in [0.05, 0.1) is 22.3 Å². The molecule has 0 saturated heterocycles. The van der Waals surface area contributed by atoms with E-state index in [1.165, 1.54) is 0 Å². The van der Waals surface area contributed by atoms with Gasteiger partial charge in [0, 0.05) is 0 Å². The van der Waals surface area contributed by atoms with Crippen LogP contribution in [-0.2, 0) is 24.7 Å². The van der Waals surface area contributed by atoms with Crippen molar-refractivity contribution in [3.05, 3.63) is 105 Å². The summed E-state index contributed by atoms with van der Waals surface area (Å²) < 4.78 is 160. The van der Waals surface area contributed by atoms with Gasteiger partial charge in [-0.2, -0.15) is 52.7 Å². The maximum atomic E-state index is 13.3. The molecule has 0 nitrogen and oxygen atoms in total. The van der Waals surface area contributed by atoms with E-state index in [-0.39, 0.29) is 22.5 Å². The highest BCUT2D eigenvalue weighted by atomic mass is 28.3. The second-order valence-electron chi connectivity index (χ2n) is 11.4. The van der Waals surface area contributed by atoms with Crippen LogP contribution in [0.15, 0.2) is 72.1 Å². The van der Waals surface area contributed by atoms with Crippen molar-refractivity contribution in [3.63, 3.8) is 0 Å². The Morgan fingerprint density at radius 1 is 0.409 bits per heavy atom. The van der Waals surface area contributed by atoms with Crippen LogP contribution in [0.25, 0.3) is 12.2 Å². The maximum Gasteiger partial charge on any atom is 0.416 e. The molecule has 0 aliphatic carbocycles. The summed E-state index contributed by atoms with van der Waals surface area (Å²) in [6.45, 7) is 6.39. The maximum absolute atomic E-state index is 13.3. The third-order valence-corrected chi connectivity index (χ3v) is 12.5. The molecule has 0 bridgehead atoms. The van der Waals surface area contributed by atoms with E-state index in [0.717, 1.165) is 24.3 Å². The monoisotopic (exact) mass is 670 g/mol. The van der Waals surface area contributed by atoms with Crippen LogP contribution in [-0.4, -0.2) is 16.1 Å². The summed E-state index contributed by atoms with van der Waals surface area (Å²) in [5, 5.41) is -0.128. The fraction of sp³-hybridized carbons (Fsp3) is 0.267. The van der Waals surface area contributed by atoms with Gasteiger partial charge < -0.3 is 0 Å². The molecule has 0 spiro atoms. The number of halogens is 12. The summed E-state index contributed by atoms with van der Waals surface area (Å²) in [6.07, 6.45) is -16.7. The average molecular weight is 671 g/mol. The molecule has 3 aromatic carbocycles. The molecule has 0 fully saturated rings. The highest BCUT2D eigenvalue weighted by Crippen LogP contribution is 2.37. The van der Waals surface area contributed by atoms with Gasteiger partial charge in [-0.05, 0) is 23.3 Å². The molecule has 0 unspecified atom stereocenters. The largest absolute Gasteiger partial charge is 0.416 e. The zero-order valence-electron chi connectivity index (χ0n) is 23.6. The Kier molecular flexibility index (Phi) is 9.54. The molecular weight excluding hydrogens is 644 g/mol. The van der Waals surface area contributed by atoms with Crippen molar-refractivity contribution in [2.75, 3.05) is 0 Å². The quantitative estimate of drug-likeness (QED) is 0.181. The van der Waals surface area contributed by atoms with Crippen LogP contribution in [0.5, 0.6) is 0 Å². The second-order valence-corrected chi connectivity index (χ2v) is 20.1. The molecule has 0 amide bonds. The zero-order chi connectivity index (χ0) is 33.5. The highest BCUT2D eigenvalue weighted by molar-refractivity contribution is 6.94. The second kappa shape index (κ2) is 11.9. The first-order chi connectivity index (χ1) is 19.8. The van der Waals surface area contributed by atoms with Crippen molar-refractivity contribution < 1.29 is 52.7 Å². The van der Waals surface area contributed by atoms with Gasteiger partial charge in [-0.1, -0.05) is 109 Å². The summed E-state index contributed by atoms with van der Waals surface area (Å²) in [5.41, 5.74) is -1.22. The molecule has 3 rings (SSSR count). The first kappa shape index (κ1) is 35.2. The van der Waals surface area contributed by atoms with Crippen LogP contribution in [0.1, 0.15) is 33.4 Å². The van der Waals surface area contributed by atoms with E-state index in [0.29, 0.717) is 11.1 Å². The molecule has 44 heavy (non-hydrogen) atoms. The van der Waals surface area contributed by atoms with Gasteiger partial charge in [-0.25, -0.2) is 0 Å². The minimum Gasteiger partial charge on any atom is -0.166 e. The van der Waals surface area contributed by atoms with Crippen molar-refractivity contribution in [1.29, 1.82) is 0 Å². The summed E-state index contributed by atoms with van der Waals surface area (Å²) >= 11 is 0. The molecule has 0 atom stereocenters. The van der Waals surface area contributed by atoms with Crippen LogP contribution in [0.4, 0.5) is 52.7 Å². The smallest absolute Gasteiger partial charge is 0.166 e. The molecule has 0 N–H and O–H groups in total. The van der Waals surface area contributed by atoms with E-state index in [1.807, 2.05) is 0 Å². The first-order valence-electron chi connectivity index (χ1n) is 12.9. The Bertz CT molecular complexity index is 1360. The third-order valence-electron chi connectivity index (χ3n) is 6.98. The number of hydrogen-bond acceptors (Lipinski definition) is 0. The summed E-state index contributed by atoms with van der Waals surface area (Å²) in [4.78, 5) is 0. The molecule has 0 aliphatic heterocycles. The standard InChI is InChI=1S/C30H26F12Si2/c1-43(2,25-15-21(27(31,32)33)13-22(16-25)28(34,35)36)11-9-19-5-7-20(8-6-19)10-12-44(3,4)26-17-23(29(37,38)39)14-24(18-26)30(40,41)42/h5-18H,1-4H3/b11-9+,12-10+. The lowest BCUT2D eigenvalue weighted by atomic mass is 10.1. The molecule has 238 valence electrons. The van der Waals surface area contributed by atoms with Crippen LogP contribution in [0.2, 0.25) is 26.2 Å². The number of rotatable bonds is 6. The van der Waals surface area contributed by atoms with Crippen LogP contribution in [0.3, 0.4) is 0 Å². The first-order valence-corrected chi connectivity index (χ1v) is 19.0. The lowest BCUT2D eigenvalue weighted by molar-refractivity contribution is -0.144. The minimum atomic E-state index is -4.97. The van der Waals surface area contributed by atoms with Gasteiger partial charge in [0.1, 0.15) is 16.1 Å².